The van der Waals surface area contributed by atoms with Crippen molar-refractivity contribution in [3.05, 3.63) is 113 Å². The first-order valence-corrected chi connectivity index (χ1v) is 21.0. The lowest BCUT2D eigenvalue weighted by atomic mass is 9.69. The normalized spacial score (nSPS) is 20.3. The molecule has 4 aliphatic heterocycles. The average Bonchev–Trinajstić information content (AvgIpc) is 3.16. The van der Waals surface area contributed by atoms with Crippen molar-refractivity contribution < 1.29 is 0 Å². The van der Waals surface area contributed by atoms with Crippen molar-refractivity contribution in [1.29, 1.82) is 0 Å². The van der Waals surface area contributed by atoms with E-state index in [0.717, 1.165) is 26.2 Å². The second-order valence-electron chi connectivity index (χ2n) is 20.2. The van der Waals surface area contributed by atoms with E-state index in [-0.39, 0.29) is 21.7 Å². The van der Waals surface area contributed by atoms with Crippen LogP contribution >= 0.6 is 0 Å². The summed E-state index contributed by atoms with van der Waals surface area (Å²) in [5, 5.41) is 10.8. The van der Waals surface area contributed by atoms with Gasteiger partial charge in [0.1, 0.15) is 0 Å². The van der Waals surface area contributed by atoms with E-state index in [2.05, 4.69) is 161 Å². The first-order chi connectivity index (χ1) is 26.2. The Labute approximate surface area is 327 Å². The Morgan fingerprint density at radius 1 is 0.418 bits per heavy atom. The number of hydrogen-bond donors (Lipinski definition) is 0. The van der Waals surface area contributed by atoms with Crippen molar-refractivity contribution in [1.82, 2.24) is 0 Å². The summed E-state index contributed by atoms with van der Waals surface area (Å²) in [6.07, 6.45) is 4.71. The van der Waals surface area contributed by atoms with Crippen LogP contribution in [0.5, 0.6) is 0 Å². The summed E-state index contributed by atoms with van der Waals surface area (Å²) < 4.78 is 0. The minimum atomic E-state index is 0.0876. The summed E-state index contributed by atoms with van der Waals surface area (Å²) in [4.78, 5) is 8.10. The first kappa shape index (κ1) is 33.6. The number of hydrogen-bond acceptors (Lipinski definition) is 3. The Balaban J connectivity index is 1.27. The van der Waals surface area contributed by atoms with Gasteiger partial charge in [-0.05, 0) is 138 Å². The molecule has 278 valence electrons. The average molecular weight is 722 g/mol. The molecule has 0 aliphatic carbocycles. The van der Waals surface area contributed by atoms with Gasteiger partial charge in [-0.25, -0.2) is 0 Å². The third kappa shape index (κ3) is 4.62. The van der Waals surface area contributed by atoms with Gasteiger partial charge in [-0.2, -0.15) is 0 Å². The molecule has 7 aromatic carbocycles. The molecule has 7 aromatic rings. The lowest BCUT2D eigenvalue weighted by molar-refractivity contribution is 0.401. The SMILES string of the molecule is CC1(C)CCN2CCC(C)(C)c3cc(N(c4cc5c6c(c4)C(C)(C)CCN6CCC5(C)C)c4ccc5c6cccc7cccc(c8cccc4c85)c76)cc1c32. The van der Waals surface area contributed by atoms with E-state index in [1.54, 1.807) is 0 Å². The molecule has 0 N–H and O–H groups in total. The fourth-order valence-corrected chi connectivity index (χ4v) is 11.4. The van der Waals surface area contributed by atoms with Crippen molar-refractivity contribution in [2.75, 3.05) is 40.9 Å². The van der Waals surface area contributed by atoms with Gasteiger partial charge in [-0.3, -0.25) is 0 Å². The molecule has 0 bridgehead atoms. The molecule has 0 saturated heterocycles. The van der Waals surface area contributed by atoms with E-state index in [0.29, 0.717) is 0 Å². The van der Waals surface area contributed by atoms with Crippen molar-refractivity contribution in [2.45, 2.75) is 103 Å². The Bertz CT molecular complexity index is 2520. The van der Waals surface area contributed by atoms with Gasteiger partial charge in [-0.1, -0.05) is 116 Å². The minimum absolute atomic E-state index is 0.0876. The molecule has 0 atom stereocenters. The predicted molar refractivity (Wildman–Crippen MR) is 237 cm³/mol. The highest BCUT2D eigenvalue weighted by Gasteiger charge is 2.43. The number of fused-ring (bicyclic) bond motifs is 2. The summed E-state index contributed by atoms with van der Waals surface area (Å²) in [5.41, 5.74) is 13.3. The van der Waals surface area contributed by atoms with Crippen molar-refractivity contribution in [2.24, 2.45) is 0 Å². The molecule has 0 spiro atoms. The lowest BCUT2D eigenvalue weighted by Gasteiger charge is -2.49. The largest absolute Gasteiger partial charge is 0.371 e. The van der Waals surface area contributed by atoms with Gasteiger partial charge in [0.05, 0.1) is 5.69 Å². The second-order valence-corrected chi connectivity index (χ2v) is 20.2. The van der Waals surface area contributed by atoms with E-state index in [9.17, 15) is 0 Å². The maximum Gasteiger partial charge on any atom is 0.0540 e. The first-order valence-electron chi connectivity index (χ1n) is 21.0. The Morgan fingerprint density at radius 2 is 0.782 bits per heavy atom. The summed E-state index contributed by atoms with van der Waals surface area (Å²) in [6, 6.07) is 36.0. The van der Waals surface area contributed by atoms with Gasteiger partial charge >= 0.3 is 0 Å². The summed E-state index contributed by atoms with van der Waals surface area (Å²) in [5.74, 6) is 0. The highest BCUT2D eigenvalue weighted by Crippen LogP contribution is 2.56. The summed E-state index contributed by atoms with van der Waals surface area (Å²) in [7, 11) is 0. The molecule has 55 heavy (non-hydrogen) atoms. The summed E-state index contributed by atoms with van der Waals surface area (Å²) in [6.45, 7) is 24.5. The molecule has 0 radical (unpaired) electrons. The molecule has 0 fully saturated rings. The van der Waals surface area contributed by atoms with Crippen LogP contribution in [0, 0.1) is 0 Å². The number of anilines is 5. The van der Waals surface area contributed by atoms with Crippen molar-refractivity contribution >= 4 is 71.5 Å². The van der Waals surface area contributed by atoms with Gasteiger partial charge in [0.25, 0.3) is 0 Å². The molecule has 0 saturated carbocycles. The lowest BCUT2D eigenvalue weighted by Crippen LogP contribution is -2.45. The van der Waals surface area contributed by atoms with Gasteiger partial charge < -0.3 is 14.7 Å². The van der Waals surface area contributed by atoms with Crippen LogP contribution in [0.2, 0.25) is 0 Å². The molecule has 11 rings (SSSR count). The van der Waals surface area contributed by atoms with Crippen LogP contribution in [0.15, 0.2) is 91.0 Å². The van der Waals surface area contributed by atoms with Crippen LogP contribution in [-0.2, 0) is 21.7 Å². The summed E-state index contributed by atoms with van der Waals surface area (Å²) >= 11 is 0. The van der Waals surface area contributed by atoms with Gasteiger partial charge in [0, 0.05) is 54.3 Å². The Kier molecular flexibility index (Phi) is 6.69. The zero-order valence-electron chi connectivity index (χ0n) is 34.2. The maximum absolute atomic E-state index is 2.71. The smallest absolute Gasteiger partial charge is 0.0540 e. The van der Waals surface area contributed by atoms with Crippen LogP contribution in [0.3, 0.4) is 0 Å². The van der Waals surface area contributed by atoms with Gasteiger partial charge in [-0.15, -0.1) is 0 Å². The monoisotopic (exact) mass is 721 g/mol. The van der Waals surface area contributed by atoms with Crippen LogP contribution in [0.4, 0.5) is 28.4 Å². The molecule has 0 unspecified atom stereocenters. The van der Waals surface area contributed by atoms with Crippen LogP contribution in [0.25, 0.3) is 43.1 Å². The van der Waals surface area contributed by atoms with E-state index >= 15 is 0 Å². The topological polar surface area (TPSA) is 9.72 Å². The highest BCUT2D eigenvalue weighted by atomic mass is 15.2. The van der Waals surface area contributed by atoms with Gasteiger partial charge in [0.2, 0.25) is 0 Å². The minimum Gasteiger partial charge on any atom is -0.371 e. The fourth-order valence-electron chi connectivity index (χ4n) is 11.4. The highest BCUT2D eigenvalue weighted by molar-refractivity contribution is 6.34. The van der Waals surface area contributed by atoms with Crippen LogP contribution in [-0.4, -0.2) is 26.2 Å². The molecule has 4 aliphatic rings. The fraction of sp³-hybridized carbons (Fsp3) is 0.385. The van der Waals surface area contributed by atoms with Crippen LogP contribution < -0.4 is 14.7 Å². The van der Waals surface area contributed by atoms with E-state index in [4.69, 9.17) is 0 Å². The maximum atomic E-state index is 2.71. The number of benzene rings is 7. The van der Waals surface area contributed by atoms with Gasteiger partial charge in [0.15, 0.2) is 0 Å². The number of rotatable bonds is 3. The second kappa shape index (κ2) is 11.0. The van der Waals surface area contributed by atoms with Crippen molar-refractivity contribution in [3.8, 4) is 0 Å². The molecular formula is C52H55N3. The molecule has 3 nitrogen and oxygen atoms in total. The molecule has 0 aromatic heterocycles. The standard InChI is InChI=1S/C52H55N3/c1-49(2)20-24-53-25-21-50(3,4)41-29-33(28-40(49)47(41)53)55(34-30-42-48-43(31-34)52(7,8)23-27-54(48)26-22-51(42,5)6)44-19-18-38-36-15-10-13-32-12-9-14-35(45(32)36)37-16-11-17-39(44)46(37)38/h9-19,28-31H,20-27H2,1-8H3. The third-order valence-electron chi connectivity index (χ3n) is 15.0. The van der Waals surface area contributed by atoms with Crippen LogP contribution in [0.1, 0.15) is 103 Å². The Morgan fingerprint density at radius 3 is 1.22 bits per heavy atom. The van der Waals surface area contributed by atoms with E-state index in [1.807, 2.05) is 0 Å². The predicted octanol–water partition coefficient (Wildman–Crippen LogP) is 13.5. The molecule has 3 heteroatoms. The van der Waals surface area contributed by atoms with Crippen molar-refractivity contribution in [3.63, 3.8) is 0 Å². The molecular weight excluding hydrogens is 667 g/mol. The molecule has 4 heterocycles. The number of nitrogens with zero attached hydrogens (tertiary/aromatic N) is 3. The van der Waals surface area contributed by atoms with E-state index < -0.39 is 0 Å². The zero-order valence-corrected chi connectivity index (χ0v) is 34.2. The Hall–Kier alpha value is -4.76. The quantitative estimate of drug-likeness (QED) is 0.133. The third-order valence-corrected chi connectivity index (χ3v) is 15.0. The zero-order chi connectivity index (χ0) is 37.8. The van der Waals surface area contributed by atoms with E-state index in [1.165, 1.54) is 119 Å². The molecule has 0 amide bonds.